The van der Waals surface area contributed by atoms with Gasteiger partial charge in [0.2, 0.25) is 0 Å². The number of nitrogens with two attached hydrogens (primary N) is 1. The highest BCUT2D eigenvalue weighted by Gasteiger charge is 2.31. The summed E-state index contributed by atoms with van der Waals surface area (Å²) in [7, 11) is 2.95. The van der Waals surface area contributed by atoms with Crippen LogP contribution in [0.1, 0.15) is 50.7 Å². The van der Waals surface area contributed by atoms with Crippen molar-refractivity contribution in [1.82, 2.24) is 19.7 Å². The Bertz CT molecular complexity index is 1290. The zero-order valence-corrected chi connectivity index (χ0v) is 17.5. The molecule has 0 radical (unpaired) electrons. The van der Waals surface area contributed by atoms with Crippen LogP contribution in [-0.4, -0.2) is 38.5 Å². The molecule has 1 aromatic carbocycles. The third-order valence-electron chi connectivity index (χ3n) is 5.31. The van der Waals surface area contributed by atoms with Gasteiger partial charge in [0.05, 0.1) is 5.56 Å². The van der Waals surface area contributed by atoms with E-state index in [1.165, 1.54) is 17.9 Å². The van der Waals surface area contributed by atoms with E-state index in [1.54, 1.807) is 32.2 Å². The van der Waals surface area contributed by atoms with Crippen molar-refractivity contribution in [2.45, 2.75) is 20.0 Å². The van der Waals surface area contributed by atoms with Gasteiger partial charge in [-0.15, -0.1) is 0 Å². The van der Waals surface area contributed by atoms with Crippen LogP contribution in [0, 0.1) is 18.3 Å². The summed E-state index contributed by atoms with van der Waals surface area (Å²) in [4.78, 5) is 31.8. The SMILES string of the molecule is Cc1ccc2c(c1)[C@@H](C)Oc1cc(cnc1N)-c1c(nn(C)c1C#N)C(=O)N(C)C2=O. The number of amides is 2. The largest absolute Gasteiger partial charge is 0.482 e. The van der Waals surface area contributed by atoms with Crippen molar-refractivity contribution >= 4 is 17.6 Å². The first-order valence-corrected chi connectivity index (χ1v) is 9.55. The second-order valence-corrected chi connectivity index (χ2v) is 7.44. The molecule has 1 aliphatic heterocycles. The zero-order valence-electron chi connectivity index (χ0n) is 17.5. The number of pyridine rings is 1. The van der Waals surface area contributed by atoms with Crippen molar-refractivity contribution in [1.29, 1.82) is 5.26 Å². The molecule has 3 aromatic rings. The fourth-order valence-corrected chi connectivity index (χ4v) is 3.66. The molecule has 4 rings (SSSR count). The molecule has 2 bridgehead atoms. The minimum absolute atomic E-state index is 0.0327. The number of hydrogen-bond acceptors (Lipinski definition) is 7. The van der Waals surface area contributed by atoms with Gasteiger partial charge in [-0.2, -0.15) is 10.4 Å². The van der Waals surface area contributed by atoms with Crippen molar-refractivity contribution in [2.75, 3.05) is 12.8 Å². The standard InChI is InChI=1S/C22H20N6O3/c1-11-5-6-14-15(7-11)12(2)31-17-8-13(10-25-20(17)24)18-16(9-23)28(4)26-19(18)22(30)27(3)21(14)29/h5-8,10,12H,1-4H3,(H2,24,25)/t12-/m1/s1. The Morgan fingerprint density at radius 2 is 1.94 bits per heavy atom. The molecule has 2 amide bonds. The fourth-order valence-electron chi connectivity index (χ4n) is 3.66. The summed E-state index contributed by atoms with van der Waals surface area (Å²) in [6.07, 6.45) is 0.901. The molecule has 3 heterocycles. The molecule has 0 fully saturated rings. The number of nitriles is 1. The van der Waals surface area contributed by atoms with Gasteiger partial charge in [0, 0.05) is 37.0 Å². The van der Waals surface area contributed by atoms with E-state index in [-0.39, 0.29) is 28.5 Å². The van der Waals surface area contributed by atoms with Gasteiger partial charge >= 0.3 is 0 Å². The number of benzene rings is 1. The van der Waals surface area contributed by atoms with E-state index >= 15 is 0 Å². The lowest BCUT2D eigenvalue weighted by Gasteiger charge is -2.23. The van der Waals surface area contributed by atoms with Gasteiger partial charge < -0.3 is 10.5 Å². The molecule has 0 saturated heterocycles. The minimum atomic E-state index is -0.629. The second-order valence-electron chi connectivity index (χ2n) is 7.44. The van der Waals surface area contributed by atoms with E-state index in [2.05, 4.69) is 16.2 Å². The van der Waals surface area contributed by atoms with E-state index < -0.39 is 17.9 Å². The van der Waals surface area contributed by atoms with Gasteiger partial charge in [-0.25, -0.2) is 4.98 Å². The normalized spacial score (nSPS) is 15.8. The Hall–Kier alpha value is -4.19. The number of nitrogen functional groups attached to an aromatic ring is 1. The molecule has 1 atom stereocenters. The summed E-state index contributed by atoms with van der Waals surface area (Å²) in [6.45, 7) is 3.70. The van der Waals surface area contributed by atoms with Crippen LogP contribution in [0.2, 0.25) is 0 Å². The van der Waals surface area contributed by atoms with Gasteiger partial charge in [0.15, 0.2) is 17.3 Å². The van der Waals surface area contributed by atoms with Crippen molar-refractivity contribution < 1.29 is 14.3 Å². The number of fused-ring (bicyclic) bond motifs is 5. The number of carbonyl (C=O) groups is 2. The van der Waals surface area contributed by atoms with E-state index in [0.29, 0.717) is 16.7 Å². The van der Waals surface area contributed by atoms with Crippen LogP contribution in [0.4, 0.5) is 5.82 Å². The van der Waals surface area contributed by atoms with Gasteiger partial charge in [-0.3, -0.25) is 19.2 Å². The molecule has 9 heteroatoms. The number of carbonyl (C=O) groups excluding carboxylic acids is 2. The lowest BCUT2D eigenvalue weighted by Crippen LogP contribution is -2.35. The molecule has 31 heavy (non-hydrogen) atoms. The number of anilines is 1. The van der Waals surface area contributed by atoms with Gasteiger partial charge in [-0.05, 0) is 26.0 Å². The van der Waals surface area contributed by atoms with Crippen LogP contribution < -0.4 is 10.5 Å². The summed E-state index contributed by atoms with van der Waals surface area (Å²) in [6, 6.07) is 9.00. The summed E-state index contributed by atoms with van der Waals surface area (Å²) >= 11 is 0. The van der Waals surface area contributed by atoms with Gasteiger partial charge in [0.1, 0.15) is 17.9 Å². The number of imide groups is 1. The smallest absolute Gasteiger partial charge is 0.281 e. The Morgan fingerprint density at radius 1 is 1.19 bits per heavy atom. The van der Waals surface area contributed by atoms with E-state index in [0.717, 1.165) is 10.5 Å². The molecule has 9 nitrogen and oxygen atoms in total. The fraction of sp³-hybridized carbons (Fsp3) is 0.227. The maximum Gasteiger partial charge on any atom is 0.281 e. The van der Waals surface area contributed by atoms with Crippen LogP contribution in [0.25, 0.3) is 11.1 Å². The molecule has 2 N–H and O–H groups in total. The van der Waals surface area contributed by atoms with Gasteiger partial charge in [-0.1, -0.05) is 17.7 Å². The zero-order chi connectivity index (χ0) is 22.4. The molecule has 156 valence electrons. The molecule has 0 unspecified atom stereocenters. The van der Waals surface area contributed by atoms with Crippen LogP contribution in [0.3, 0.4) is 0 Å². The Kier molecular flexibility index (Phi) is 4.70. The molecule has 2 aromatic heterocycles. The Morgan fingerprint density at radius 3 is 2.65 bits per heavy atom. The predicted octanol–water partition coefficient (Wildman–Crippen LogP) is 2.61. The van der Waals surface area contributed by atoms with Crippen molar-refractivity contribution in [3.8, 4) is 22.9 Å². The lowest BCUT2D eigenvalue weighted by atomic mass is 9.98. The number of rotatable bonds is 0. The number of nitrogens with zero attached hydrogens (tertiary/aromatic N) is 5. The average molecular weight is 416 g/mol. The molecule has 0 spiro atoms. The third-order valence-corrected chi connectivity index (χ3v) is 5.31. The lowest BCUT2D eigenvalue weighted by molar-refractivity contribution is 0.0649. The number of ether oxygens (including phenoxy) is 1. The monoisotopic (exact) mass is 416 g/mol. The van der Waals surface area contributed by atoms with Crippen molar-refractivity contribution in [2.24, 2.45) is 7.05 Å². The molecule has 0 saturated carbocycles. The van der Waals surface area contributed by atoms with Crippen molar-refractivity contribution in [3.05, 3.63) is 58.5 Å². The summed E-state index contributed by atoms with van der Waals surface area (Å²) in [5.41, 5.74) is 8.75. The second kappa shape index (κ2) is 7.25. The first-order chi connectivity index (χ1) is 14.7. The molecule has 1 aliphatic rings. The van der Waals surface area contributed by atoms with Crippen LogP contribution in [0.15, 0.2) is 30.5 Å². The molecule has 0 aliphatic carbocycles. The maximum atomic E-state index is 13.3. The third kappa shape index (κ3) is 3.18. The topological polar surface area (TPSA) is 127 Å². The van der Waals surface area contributed by atoms with Gasteiger partial charge in [0.25, 0.3) is 11.8 Å². The molecular weight excluding hydrogens is 396 g/mol. The number of hydrogen-bond donors (Lipinski definition) is 1. The molecular formula is C22H20N6O3. The van der Waals surface area contributed by atoms with E-state index in [9.17, 15) is 14.9 Å². The van der Waals surface area contributed by atoms with Crippen LogP contribution in [-0.2, 0) is 7.05 Å². The van der Waals surface area contributed by atoms with E-state index in [4.69, 9.17) is 10.5 Å². The highest BCUT2D eigenvalue weighted by atomic mass is 16.5. The Labute approximate surface area is 178 Å². The van der Waals surface area contributed by atoms with Crippen LogP contribution >= 0.6 is 0 Å². The highest BCUT2D eigenvalue weighted by molar-refractivity contribution is 6.12. The first-order valence-electron chi connectivity index (χ1n) is 9.55. The summed E-state index contributed by atoms with van der Waals surface area (Å²) in [5, 5.41) is 13.9. The average Bonchev–Trinajstić information content (AvgIpc) is 3.09. The summed E-state index contributed by atoms with van der Waals surface area (Å²) in [5.74, 6) is -0.692. The van der Waals surface area contributed by atoms with E-state index in [1.807, 2.05) is 13.0 Å². The first kappa shape index (κ1) is 20.1. The maximum absolute atomic E-state index is 13.3. The minimum Gasteiger partial charge on any atom is -0.482 e. The summed E-state index contributed by atoms with van der Waals surface area (Å²) < 4.78 is 7.40. The Balaban J connectivity index is 2.04. The predicted molar refractivity (Wildman–Crippen MR) is 112 cm³/mol. The van der Waals surface area contributed by atoms with Crippen LogP contribution in [0.5, 0.6) is 5.75 Å². The number of aryl methyl sites for hydroxylation is 2. The highest BCUT2D eigenvalue weighted by Crippen LogP contribution is 2.35. The number of aromatic nitrogens is 3. The quantitative estimate of drug-likeness (QED) is 0.558. The van der Waals surface area contributed by atoms with Crippen molar-refractivity contribution in [3.63, 3.8) is 0 Å².